The van der Waals surface area contributed by atoms with Gasteiger partial charge in [-0.1, -0.05) is 11.6 Å². The molecule has 0 amide bonds. The Hall–Kier alpha value is 1.36. The fourth-order valence-electron chi connectivity index (χ4n) is 2.32. The normalized spacial score (nSPS) is 16.9. The summed E-state index contributed by atoms with van der Waals surface area (Å²) >= 11 is 1.99. The molecule has 1 heterocycles. The second kappa shape index (κ2) is 8.28. The van der Waals surface area contributed by atoms with Crippen molar-refractivity contribution in [2.24, 2.45) is 0 Å². The molecule has 1 saturated heterocycles. The maximum absolute atomic E-state index is 13.0. The van der Waals surface area contributed by atoms with Crippen LogP contribution in [-0.2, 0) is 6.54 Å². The fourth-order valence-corrected chi connectivity index (χ4v) is 3.03. The molecule has 0 saturated carbocycles. The van der Waals surface area contributed by atoms with Crippen LogP contribution in [0.15, 0.2) is 12.1 Å². The molecule has 0 spiro atoms. The second-order valence-electron chi connectivity index (χ2n) is 4.89. The summed E-state index contributed by atoms with van der Waals surface area (Å²) in [5, 5.41) is 3.24. The molecule has 1 fully saturated rings. The molecule has 0 aliphatic carbocycles. The summed E-state index contributed by atoms with van der Waals surface area (Å²) < 4.78 is 39.8. The van der Waals surface area contributed by atoms with E-state index >= 15 is 0 Å². The Bertz CT molecular complexity index is 465. The van der Waals surface area contributed by atoms with Crippen LogP contribution in [0, 0.1) is 10.5 Å². The van der Waals surface area contributed by atoms with Crippen molar-refractivity contribution in [2.45, 2.75) is 13.5 Å². The zero-order chi connectivity index (χ0) is 14.0. The van der Waals surface area contributed by atoms with Crippen LogP contribution in [0.1, 0.15) is 11.1 Å². The van der Waals surface area contributed by atoms with Crippen molar-refractivity contribution in [1.29, 1.82) is 0 Å². The van der Waals surface area contributed by atoms with Crippen LogP contribution in [-0.4, -0.2) is 38.1 Å². The molecule has 0 bridgehead atoms. The van der Waals surface area contributed by atoms with Gasteiger partial charge in [-0.25, -0.2) is 0 Å². The van der Waals surface area contributed by atoms with Gasteiger partial charge < -0.3 is 18.3 Å². The topological polar surface area (TPSA) is 15.3 Å². The number of benzene rings is 1. The van der Waals surface area contributed by atoms with Crippen molar-refractivity contribution < 1.29 is 64.3 Å². The van der Waals surface area contributed by atoms with E-state index < -0.39 is 12.4 Å². The number of halogens is 4. The summed E-state index contributed by atoms with van der Waals surface area (Å²) in [5.41, 5.74) is 0.653. The van der Waals surface area contributed by atoms with Crippen LogP contribution in [0.5, 0.6) is 0 Å². The molecule has 2 rings (SSSR count). The fraction of sp³-hybridized carbons (Fsp3) is 0.500. The Kier molecular flexibility index (Phi) is 8.04. The van der Waals surface area contributed by atoms with E-state index in [0.29, 0.717) is 15.7 Å². The maximum atomic E-state index is 13.0. The summed E-state index contributed by atoms with van der Waals surface area (Å²) in [7, 11) is 0. The van der Waals surface area contributed by atoms with E-state index in [1.54, 1.807) is 6.92 Å². The second-order valence-corrected chi connectivity index (χ2v) is 6.05. The molecule has 2 nitrogen and oxygen atoms in total. The average molecular weight is 422 g/mol. The summed E-state index contributed by atoms with van der Waals surface area (Å²) in [5.74, 6) is 0. The van der Waals surface area contributed by atoms with Gasteiger partial charge in [-0.3, -0.25) is 4.90 Å². The molecule has 1 N–H and O–H groups in total. The third-order valence-electron chi connectivity index (χ3n) is 3.41. The van der Waals surface area contributed by atoms with E-state index in [1.165, 1.54) is 6.07 Å². The van der Waals surface area contributed by atoms with Gasteiger partial charge in [0.1, 0.15) is 0 Å². The quantitative estimate of drug-likeness (QED) is 0.501. The molecule has 1 aromatic carbocycles. The van der Waals surface area contributed by atoms with Gasteiger partial charge in [-0.15, -0.1) is 5.46 Å². The third-order valence-corrected chi connectivity index (χ3v) is 4.53. The van der Waals surface area contributed by atoms with E-state index in [4.69, 9.17) is 0 Å². The first-order valence-corrected chi connectivity index (χ1v) is 7.38. The molecule has 8 heteroatoms. The zero-order valence-corrected chi connectivity index (χ0v) is 17.0. The van der Waals surface area contributed by atoms with E-state index in [-0.39, 0.29) is 51.4 Å². The number of nitrogens with one attached hydrogen (secondary N) is 1. The SMILES string of the molecule is Cc1c(I)cc(CN2CCNCC2)cc1[B-](F)(F)F.[K+]. The van der Waals surface area contributed by atoms with Gasteiger partial charge in [-0.2, -0.15) is 0 Å². The molecule has 106 valence electrons. The standard InChI is InChI=1S/C12H16BF3IN2.K/c1-9-11(13(14,15)16)6-10(7-12(9)17)8-19-4-2-18-3-5-19;/h6-7,18H,2-5,8H2,1H3;/q-1;+1. The van der Waals surface area contributed by atoms with Crippen LogP contribution in [0.2, 0.25) is 0 Å². The Labute approximate surface area is 173 Å². The predicted molar refractivity (Wildman–Crippen MR) is 80.8 cm³/mol. The van der Waals surface area contributed by atoms with Crippen LogP contribution < -0.4 is 62.2 Å². The van der Waals surface area contributed by atoms with E-state index in [0.717, 1.165) is 31.7 Å². The van der Waals surface area contributed by atoms with E-state index in [1.807, 2.05) is 28.7 Å². The Morgan fingerprint density at radius 1 is 1.25 bits per heavy atom. The first-order valence-electron chi connectivity index (χ1n) is 6.30. The van der Waals surface area contributed by atoms with Gasteiger partial charge in [-0.05, 0) is 41.1 Å². The van der Waals surface area contributed by atoms with Crippen LogP contribution in [0.25, 0.3) is 0 Å². The molecular weight excluding hydrogens is 406 g/mol. The monoisotopic (exact) mass is 422 g/mol. The van der Waals surface area contributed by atoms with Crippen LogP contribution >= 0.6 is 22.6 Å². The number of nitrogens with zero attached hydrogens (tertiary/aromatic N) is 1. The van der Waals surface area contributed by atoms with Crippen molar-refractivity contribution in [2.75, 3.05) is 26.2 Å². The minimum atomic E-state index is -4.93. The average Bonchev–Trinajstić information content (AvgIpc) is 2.33. The summed E-state index contributed by atoms with van der Waals surface area (Å²) in [6.45, 7) is 0.777. The summed E-state index contributed by atoms with van der Waals surface area (Å²) in [6, 6.07) is 3.18. The van der Waals surface area contributed by atoms with Gasteiger partial charge in [0.25, 0.3) is 0 Å². The number of hydrogen-bond donors (Lipinski definition) is 1. The largest absolute Gasteiger partial charge is 1.00 e. The van der Waals surface area contributed by atoms with Gasteiger partial charge in [0.05, 0.1) is 0 Å². The zero-order valence-electron chi connectivity index (χ0n) is 11.7. The molecule has 0 unspecified atom stereocenters. The number of hydrogen-bond acceptors (Lipinski definition) is 2. The minimum absolute atomic E-state index is 0. The van der Waals surface area contributed by atoms with Gasteiger partial charge in [0.15, 0.2) is 0 Å². The van der Waals surface area contributed by atoms with Crippen molar-refractivity contribution in [3.63, 3.8) is 0 Å². The van der Waals surface area contributed by atoms with Gasteiger partial charge in [0.2, 0.25) is 0 Å². The maximum Gasteiger partial charge on any atom is 1.00 e. The van der Waals surface area contributed by atoms with E-state index in [2.05, 4.69) is 10.2 Å². The van der Waals surface area contributed by atoms with Gasteiger partial charge in [0, 0.05) is 36.3 Å². The molecular formula is C12H16BF3IKN2. The Morgan fingerprint density at radius 3 is 2.40 bits per heavy atom. The van der Waals surface area contributed by atoms with Crippen LogP contribution in [0.4, 0.5) is 12.9 Å². The molecule has 0 aromatic heterocycles. The van der Waals surface area contributed by atoms with Crippen molar-refractivity contribution in [3.8, 4) is 0 Å². The predicted octanol–water partition coefficient (Wildman–Crippen LogP) is -0.937. The van der Waals surface area contributed by atoms with Crippen molar-refractivity contribution in [1.82, 2.24) is 10.2 Å². The Balaban J connectivity index is 0.00000200. The van der Waals surface area contributed by atoms with Gasteiger partial charge >= 0.3 is 58.4 Å². The first kappa shape index (κ1) is 19.4. The molecule has 0 radical (unpaired) electrons. The van der Waals surface area contributed by atoms with Crippen LogP contribution in [0.3, 0.4) is 0 Å². The smallest absolute Gasteiger partial charge is 0.445 e. The number of piperazine rings is 1. The summed E-state index contributed by atoms with van der Waals surface area (Å²) in [4.78, 5) is 2.18. The van der Waals surface area contributed by atoms with Crippen molar-refractivity contribution >= 4 is 35.0 Å². The molecule has 1 aromatic rings. The van der Waals surface area contributed by atoms with E-state index in [9.17, 15) is 12.9 Å². The first-order chi connectivity index (χ1) is 8.88. The third kappa shape index (κ3) is 5.22. The molecule has 1 aliphatic rings. The molecule has 1 aliphatic heterocycles. The minimum Gasteiger partial charge on any atom is -0.445 e. The molecule has 20 heavy (non-hydrogen) atoms. The Morgan fingerprint density at radius 2 is 1.85 bits per heavy atom. The van der Waals surface area contributed by atoms with Crippen molar-refractivity contribution in [3.05, 3.63) is 26.8 Å². The molecule has 0 atom stereocenters. The summed E-state index contributed by atoms with van der Waals surface area (Å²) in [6.07, 6.45) is 0. The number of rotatable bonds is 3.